The van der Waals surface area contributed by atoms with Gasteiger partial charge >= 0.3 is 6.03 Å². The van der Waals surface area contributed by atoms with Crippen molar-refractivity contribution in [1.82, 2.24) is 14.7 Å². The van der Waals surface area contributed by atoms with Gasteiger partial charge in [-0.25, -0.2) is 9.18 Å². The minimum Gasteiger partial charge on any atom is -0.326 e. The van der Waals surface area contributed by atoms with Crippen molar-refractivity contribution in [1.29, 1.82) is 5.26 Å². The van der Waals surface area contributed by atoms with Crippen LogP contribution < -0.4 is 5.73 Å². The number of amides is 3. The molecule has 3 atom stereocenters. The van der Waals surface area contributed by atoms with Crippen molar-refractivity contribution < 1.29 is 14.0 Å². The Balaban J connectivity index is 2.32. The molecule has 194 valence electrons. The van der Waals surface area contributed by atoms with E-state index in [1.54, 1.807) is 19.2 Å². The van der Waals surface area contributed by atoms with Crippen LogP contribution in [0.2, 0.25) is 0 Å². The number of urea groups is 1. The predicted octanol–water partition coefficient (Wildman–Crippen LogP) is 4.62. The molecule has 2 rings (SSSR count). The highest BCUT2D eigenvalue weighted by atomic mass is 19.1. The van der Waals surface area contributed by atoms with Gasteiger partial charge in [0, 0.05) is 26.7 Å². The van der Waals surface area contributed by atoms with E-state index in [0.717, 1.165) is 44.1 Å². The molecule has 35 heavy (non-hydrogen) atoms. The number of nitriles is 1. The molecule has 1 heterocycles. The summed E-state index contributed by atoms with van der Waals surface area (Å²) in [5, 5.41) is 9.33. The van der Waals surface area contributed by atoms with Crippen molar-refractivity contribution in [2.75, 3.05) is 26.7 Å². The molecule has 0 aliphatic carbocycles. The summed E-state index contributed by atoms with van der Waals surface area (Å²) in [5.41, 5.74) is 6.58. The minimum atomic E-state index is -0.900. The molecule has 1 aliphatic heterocycles. The zero-order valence-corrected chi connectivity index (χ0v) is 21.8. The molecule has 0 aromatic heterocycles. The van der Waals surface area contributed by atoms with Gasteiger partial charge < -0.3 is 20.4 Å². The smallest absolute Gasteiger partial charge is 0.320 e. The molecular formula is C27H42FN5O2. The highest BCUT2D eigenvalue weighted by Gasteiger charge is 2.41. The van der Waals surface area contributed by atoms with Crippen molar-refractivity contribution in [3.63, 3.8) is 0 Å². The van der Waals surface area contributed by atoms with Crippen molar-refractivity contribution in [2.45, 2.75) is 89.8 Å². The Morgan fingerprint density at radius 3 is 2.46 bits per heavy atom. The van der Waals surface area contributed by atoms with Gasteiger partial charge in [-0.2, -0.15) is 5.26 Å². The molecule has 1 aromatic rings. The Morgan fingerprint density at radius 2 is 1.89 bits per heavy atom. The van der Waals surface area contributed by atoms with Gasteiger partial charge in [0.2, 0.25) is 5.91 Å². The standard InChI is InChI=1S/C27H42FN5O2/c1-5-8-16-27(7-3,21-12-14-22(28)15-13-21)33(18-9-6-2)26(35)31(4)20-24(30)25(34)32-17-10-11-23(32)19-29/h12-15,23-24H,5-11,16-18,20,30H2,1-4H3/t23-,24-,27?/m0/s1. The lowest BCUT2D eigenvalue weighted by Crippen LogP contribution is -2.57. The quantitative estimate of drug-likeness (QED) is 0.466. The highest BCUT2D eigenvalue weighted by molar-refractivity contribution is 5.84. The molecule has 8 heteroatoms. The van der Waals surface area contributed by atoms with Crippen LogP contribution in [0.25, 0.3) is 0 Å². The number of nitrogens with two attached hydrogens (primary N) is 1. The number of hydrogen-bond acceptors (Lipinski definition) is 4. The summed E-state index contributed by atoms with van der Waals surface area (Å²) in [6.07, 6.45) is 6.54. The average molecular weight is 488 g/mol. The number of unbranched alkanes of at least 4 members (excludes halogenated alkanes) is 2. The second-order valence-corrected chi connectivity index (χ2v) is 9.59. The van der Waals surface area contributed by atoms with E-state index in [4.69, 9.17) is 5.73 Å². The van der Waals surface area contributed by atoms with Crippen molar-refractivity contribution in [3.8, 4) is 6.07 Å². The fourth-order valence-electron chi connectivity index (χ4n) is 5.08. The van der Waals surface area contributed by atoms with Crippen LogP contribution in [0.5, 0.6) is 0 Å². The summed E-state index contributed by atoms with van der Waals surface area (Å²) in [6, 6.07) is 7.10. The van der Waals surface area contributed by atoms with Crippen molar-refractivity contribution in [3.05, 3.63) is 35.6 Å². The van der Waals surface area contributed by atoms with Crippen LogP contribution in [0.15, 0.2) is 24.3 Å². The molecule has 1 aromatic carbocycles. The third-order valence-corrected chi connectivity index (χ3v) is 7.19. The first-order chi connectivity index (χ1) is 16.7. The number of rotatable bonds is 12. The van der Waals surface area contributed by atoms with Crippen molar-refractivity contribution in [2.24, 2.45) is 5.73 Å². The maximum atomic E-state index is 13.9. The monoisotopic (exact) mass is 487 g/mol. The lowest BCUT2D eigenvalue weighted by Gasteiger charge is -2.46. The Morgan fingerprint density at radius 1 is 1.23 bits per heavy atom. The summed E-state index contributed by atoms with van der Waals surface area (Å²) in [6.45, 7) is 7.40. The maximum absolute atomic E-state index is 13.9. The maximum Gasteiger partial charge on any atom is 0.320 e. The zero-order chi connectivity index (χ0) is 26.0. The fraction of sp³-hybridized carbons (Fsp3) is 0.667. The van der Waals surface area contributed by atoms with E-state index in [1.165, 1.54) is 21.9 Å². The van der Waals surface area contributed by atoms with E-state index >= 15 is 0 Å². The number of benzene rings is 1. The topological polar surface area (TPSA) is 93.7 Å². The molecular weight excluding hydrogens is 445 g/mol. The Labute approximate surface area is 210 Å². The van der Waals surface area contributed by atoms with Crippen LogP contribution in [0.4, 0.5) is 9.18 Å². The summed E-state index contributed by atoms with van der Waals surface area (Å²) in [7, 11) is 1.67. The number of hydrogen-bond donors (Lipinski definition) is 1. The summed E-state index contributed by atoms with van der Waals surface area (Å²) < 4.78 is 13.8. The molecule has 0 bridgehead atoms. The first-order valence-electron chi connectivity index (χ1n) is 13.0. The lowest BCUT2D eigenvalue weighted by molar-refractivity contribution is -0.132. The first kappa shape index (κ1) is 28.6. The minimum absolute atomic E-state index is 0.0614. The van der Waals surface area contributed by atoms with Gasteiger partial charge in [-0.15, -0.1) is 0 Å². The third kappa shape index (κ3) is 6.72. The number of likely N-dealkylation sites (N-methyl/N-ethyl adjacent to an activating group) is 1. The Bertz CT molecular complexity index is 871. The number of carbonyl (C=O) groups excluding carboxylic acids is 2. The number of nitrogens with zero attached hydrogens (tertiary/aromatic N) is 4. The van der Waals surface area contributed by atoms with Crippen LogP contribution in [-0.2, 0) is 10.3 Å². The van der Waals surface area contributed by atoms with Crippen molar-refractivity contribution >= 4 is 11.9 Å². The zero-order valence-electron chi connectivity index (χ0n) is 21.8. The SMILES string of the molecule is CCCCN(C(=O)N(C)C[C@H](N)C(=O)N1CCC[C@H]1C#N)C(CC)(CCCC)c1ccc(F)cc1. The normalized spacial score (nSPS) is 18.0. The molecule has 0 radical (unpaired) electrons. The Hall–Kier alpha value is -2.66. The first-order valence-corrected chi connectivity index (χ1v) is 13.0. The number of halogens is 1. The second kappa shape index (κ2) is 13.4. The third-order valence-electron chi connectivity index (χ3n) is 7.19. The van der Waals surface area contributed by atoms with Gasteiger partial charge in [-0.3, -0.25) is 4.79 Å². The van der Waals surface area contributed by atoms with E-state index in [1.807, 2.05) is 4.90 Å². The van der Waals surface area contributed by atoms with Crippen LogP contribution in [0.1, 0.15) is 77.7 Å². The van der Waals surface area contributed by atoms with Gasteiger partial charge in [-0.1, -0.05) is 52.2 Å². The lowest BCUT2D eigenvalue weighted by atomic mass is 9.80. The van der Waals surface area contributed by atoms with Gasteiger partial charge in [0.1, 0.15) is 17.9 Å². The largest absolute Gasteiger partial charge is 0.326 e. The molecule has 1 unspecified atom stereocenters. The van der Waals surface area contributed by atoms with E-state index in [9.17, 15) is 19.2 Å². The highest BCUT2D eigenvalue weighted by Crippen LogP contribution is 2.38. The van der Waals surface area contributed by atoms with Gasteiger partial charge in [0.25, 0.3) is 0 Å². The van der Waals surface area contributed by atoms with E-state index < -0.39 is 17.6 Å². The summed E-state index contributed by atoms with van der Waals surface area (Å²) >= 11 is 0. The summed E-state index contributed by atoms with van der Waals surface area (Å²) in [4.78, 5) is 31.8. The molecule has 7 nitrogen and oxygen atoms in total. The van der Waals surface area contributed by atoms with E-state index in [-0.39, 0.29) is 24.3 Å². The average Bonchev–Trinajstić information content (AvgIpc) is 3.34. The molecule has 1 aliphatic rings. The van der Waals surface area contributed by atoms with E-state index in [0.29, 0.717) is 25.9 Å². The van der Waals surface area contributed by atoms with Crippen LogP contribution in [-0.4, -0.2) is 65.4 Å². The van der Waals surface area contributed by atoms with Crippen LogP contribution >= 0.6 is 0 Å². The van der Waals surface area contributed by atoms with Crippen LogP contribution in [0, 0.1) is 17.1 Å². The molecule has 3 amide bonds. The molecule has 1 saturated heterocycles. The number of carbonyl (C=O) groups is 2. The van der Waals surface area contributed by atoms with Gasteiger partial charge in [0.15, 0.2) is 0 Å². The summed E-state index contributed by atoms with van der Waals surface area (Å²) in [5.74, 6) is -0.597. The predicted molar refractivity (Wildman–Crippen MR) is 136 cm³/mol. The van der Waals surface area contributed by atoms with Gasteiger partial charge in [-0.05, 0) is 49.8 Å². The Kier molecular flexibility index (Phi) is 11.0. The second-order valence-electron chi connectivity index (χ2n) is 9.59. The van der Waals surface area contributed by atoms with Gasteiger partial charge in [0.05, 0.1) is 11.6 Å². The number of likely N-dealkylation sites (tertiary alicyclic amines) is 1. The van der Waals surface area contributed by atoms with Crippen LogP contribution in [0.3, 0.4) is 0 Å². The van der Waals surface area contributed by atoms with E-state index in [2.05, 4.69) is 26.8 Å². The molecule has 2 N–H and O–H groups in total. The molecule has 0 spiro atoms. The fourth-order valence-corrected chi connectivity index (χ4v) is 5.08. The molecule has 1 fully saturated rings. The molecule has 0 saturated carbocycles.